The first-order chi connectivity index (χ1) is 8.72. The predicted octanol–water partition coefficient (Wildman–Crippen LogP) is 4.54. The molecule has 0 spiro atoms. The molecule has 0 heterocycles. The normalized spacial score (nSPS) is 10.5. The highest BCUT2D eigenvalue weighted by Crippen LogP contribution is 2.42. The van der Waals surface area contributed by atoms with Crippen LogP contribution in [0.3, 0.4) is 0 Å². The van der Waals surface area contributed by atoms with Gasteiger partial charge in [0.1, 0.15) is 23.5 Å². The maximum atomic E-state index is 10.1. The summed E-state index contributed by atoms with van der Waals surface area (Å²) >= 11 is 9.34. The Morgan fingerprint density at radius 3 is 2.32 bits per heavy atom. The molecule has 5 heteroatoms. The summed E-state index contributed by atoms with van der Waals surface area (Å²) in [5, 5.41) is 27.9. The second-order valence-corrected chi connectivity index (χ2v) is 6.19. The Bertz CT molecular complexity index is 615. The molecule has 0 saturated carbocycles. The minimum Gasteiger partial charge on any atom is -0.506 e. The molecule has 3 nitrogen and oxygen atoms in total. The highest BCUT2D eigenvalue weighted by molar-refractivity contribution is 9.10. The lowest BCUT2D eigenvalue weighted by atomic mass is 9.85. The van der Waals surface area contributed by atoms with Gasteiger partial charge >= 0.3 is 0 Å². The largest absolute Gasteiger partial charge is 0.506 e. The van der Waals surface area contributed by atoms with Gasteiger partial charge in [-0.25, -0.2) is 0 Å². The van der Waals surface area contributed by atoms with Gasteiger partial charge in [0.2, 0.25) is 0 Å². The second kappa shape index (κ2) is 5.65. The van der Waals surface area contributed by atoms with Crippen molar-refractivity contribution >= 4 is 33.6 Å². The summed E-state index contributed by atoms with van der Waals surface area (Å²) in [6.07, 6.45) is 1.40. The first-order valence-electron chi connectivity index (χ1n) is 5.45. The Hall–Kier alpha value is -1.49. The molecule has 0 amide bonds. The first-order valence-corrected chi connectivity index (χ1v) is 6.62. The van der Waals surface area contributed by atoms with E-state index in [1.807, 2.05) is 20.8 Å². The van der Waals surface area contributed by atoms with Crippen molar-refractivity contribution < 1.29 is 5.11 Å². The molecular weight excluding hydrogens is 328 g/mol. The Kier molecular flexibility index (Phi) is 4.63. The van der Waals surface area contributed by atoms with Crippen LogP contribution in [0.25, 0.3) is 6.08 Å². The third kappa shape index (κ3) is 3.29. The molecule has 0 bridgehead atoms. The number of hydrogen-bond acceptors (Lipinski definition) is 3. The van der Waals surface area contributed by atoms with E-state index in [0.29, 0.717) is 15.6 Å². The summed E-state index contributed by atoms with van der Waals surface area (Å²) in [4.78, 5) is 0. The second-order valence-electron chi connectivity index (χ2n) is 5.02. The summed E-state index contributed by atoms with van der Waals surface area (Å²) in [5.74, 6) is 0.0742. The van der Waals surface area contributed by atoms with Crippen molar-refractivity contribution in [3.05, 3.63) is 32.3 Å². The van der Waals surface area contributed by atoms with E-state index in [1.54, 1.807) is 18.2 Å². The van der Waals surface area contributed by atoms with Gasteiger partial charge in [-0.3, -0.25) is 0 Å². The number of phenolic OH excluding ortho intramolecular Hbond substituents is 1. The van der Waals surface area contributed by atoms with Crippen LogP contribution in [0.2, 0.25) is 5.02 Å². The molecule has 0 aliphatic heterocycles. The smallest absolute Gasteiger partial charge is 0.135 e. The van der Waals surface area contributed by atoms with Crippen molar-refractivity contribution in [1.82, 2.24) is 0 Å². The Balaban J connectivity index is 3.62. The predicted molar refractivity (Wildman–Crippen MR) is 78.7 cm³/mol. The average Bonchev–Trinajstić information content (AvgIpc) is 2.34. The van der Waals surface area contributed by atoms with E-state index in [4.69, 9.17) is 22.1 Å². The van der Waals surface area contributed by atoms with Crippen LogP contribution in [0.1, 0.15) is 31.9 Å². The Morgan fingerprint density at radius 1 is 1.37 bits per heavy atom. The van der Waals surface area contributed by atoms with Crippen molar-refractivity contribution in [2.45, 2.75) is 26.2 Å². The molecule has 0 saturated heterocycles. The lowest BCUT2D eigenvalue weighted by Gasteiger charge is -2.22. The van der Waals surface area contributed by atoms with Gasteiger partial charge in [-0.15, -0.1) is 0 Å². The number of phenols is 1. The highest BCUT2D eigenvalue weighted by atomic mass is 79.9. The van der Waals surface area contributed by atoms with E-state index in [2.05, 4.69) is 15.9 Å². The maximum Gasteiger partial charge on any atom is 0.135 e. The van der Waals surface area contributed by atoms with E-state index in [0.717, 1.165) is 0 Å². The molecule has 19 heavy (non-hydrogen) atoms. The fourth-order valence-corrected chi connectivity index (χ4v) is 2.20. The molecule has 1 rings (SSSR count). The third-order valence-electron chi connectivity index (χ3n) is 2.56. The summed E-state index contributed by atoms with van der Waals surface area (Å²) < 4.78 is 0.364. The minimum atomic E-state index is -0.292. The average molecular weight is 340 g/mol. The minimum absolute atomic E-state index is 0.0423. The number of aromatic hydroxyl groups is 1. The lowest BCUT2D eigenvalue weighted by molar-refractivity contribution is 0.443. The summed E-state index contributed by atoms with van der Waals surface area (Å²) in [6.45, 7) is 5.85. The number of benzene rings is 1. The standard InChI is InChI=1S/C14H12BrClN2O/c1-14(2,3)10-5-9(4-8(6-17)7-18)12(16)11(15)13(10)19/h4-5,19H,1-3H3. The number of nitrogens with zero attached hydrogens (tertiary/aromatic N) is 2. The van der Waals surface area contributed by atoms with Gasteiger partial charge in [0.05, 0.1) is 9.50 Å². The van der Waals surface area contributed by atoms with Gasteiger partial charge < -0.3 is 5.11 Å². The van der Waals surface area contributed by atoms with Gasteiger partial charge in [0.15, 0.2) is 0 Å². The number of halogens is 2. The lowest BCUT2D eigenvalue weighted by Crippen LogP contribution is -2.12. The van der Waals surface area contributed by atoms with E-state index in [1.165, 1.54) is 6.08 Å². The van der Waals surface area contributed by atoms with Crippen LogP contribution in [0.15, 0.2) is 16.1 Å². The van der Waals surface area contributed by atoms with Crippen LogP contribution >= 0.6 is 27.5 Å². The molecule has 0 aromatic heterocycles. The molecule has 0 fully saturated rings. The molecule has 0 atom stereocenters. The van der Waals surface area contributed by atoms with Crippen LogP contribution in [0, 0.1) is 22.7 Å². The number of nitriles is 2. The topological polar surface area (TPSA) is 67.8 Å². The van der Waals surface area contributed by atoms with Gasteiger partial charge in [0, 0.05) is 5.56 Å². The number of allylic oxidation sites excluding steroid dienone is 1. The molecule has 98 valence electrons. The Morgan fingerprint density at radius 2 is 1.89 bits per heavy atom. The molecule has 1 aromatic rings. The van der Waals surface area contributed by atoms with Crippen LogP contribution in [0.5, 0.6) is 5.75 Å². The van der Waals surface area contributed by atoms with E-state index < -0.39 is 0 Å². The van der Waals surface area contributed by atoms with Crippen LogP contribution in [-0.4, -0.2) is 5.11 Å². The first kappa shape index (κ1) is 15.6. The molecular formula is C14H12BrClN2O. The number of rotatable bonds is 1. The number of hydrogen-bond donors (Lipinski definition) is 1. The molecule has 0 radical (unpaired) electrons. The summed E-state index contributed by atoms with van der Waals surface area (Å²) in [7, 11) is 0. The molecule has 1 aromatic carbocycles. The van der Waals surface area contributed by atoms with Gasteiger partial charge in [-0.2, -0.15) is 10.5 Å². The van der Waals surface area contributed by atoms with Crippen LogP contribution < -0.4 is 0 Å². The van der Waals surface area contributed by atoms with E-state index >= 15 is 0 Å². The fourth-order valence-electron chi connectivity index (χ4n) is 1.56. The van der Waals surface area contributed by atoms with Crippen LogP contribution in [0.4, 0.5) is 0 Å². The van der Waals surface area contributed by atoms with Gasteiger partial charge in [-0.05, 0) is 39.1 Å². The monoisotopic (exact) mass is 338 g/mol. The Labute approximate surface area is 125 Å². The fraction of sp³-hybridized carbons (Fsp3) is 0.286. The maximum absolute atomic E-state index is 10.1. The van der Waals surface area contributed by atoms with Crippen LogP contribution in [-0.2, 0) is 5.41 Å². The molecule has 1 N–H and O–H groups in total. The van der Waals surface area contributed by atoms with Crippen molar-refractivity contribution in [2.75, 3.05) is 0 Å². The summed E-state index contributed by atoms with van der Waals surface area (Å²) in [6, 6.07) is 5.26. The molecule has 0 aliphatic carbocycles. The zero-order valence-corrected chi connectivity index (χ0v) is 13.1. The zero-order valence-electron chi connectivity index (χ0n) is 10.8. The van der Waals surface area contributed by atoms with Gasteiger partial charge in [-0.1, -0.05) is 32.4 Å². The van der Waals surface area contributed by atoms with Crippen molar-refractivity contribution in [1.29, 1.82) is 10.5 Å². The van der Waals surface area contributed by atoms with E-state index in [9.17, 15) is 5.11 Å². The van der Waals surface area contributed by atoms with Crippen molar-refractivity contribution in [3.63, 3.8) is 0 Å². The van der Waals surface area contributed by atoms with E-state index in [-0.39, 0.29) is 21.8 Å². The van der Waals surface area contributed by atoms with Crippen molar-refractivity contribution in [3.8, 4) is 17.9 Å². The van der Waals surface area contributed by atoms with Gasteiger partial charge in [0.25, 0.3) is 0 Å². The highest BCUT2D eigenvalue weighted by Gasteiger charge is 2.23. The summed E-state index contributed by atoms with van der Waals surface area (Å²) in [5.41, 5.74) is 0.873. The third-order valence-corrected chi connectivity index (χ3v) is 3.97. The SMILES string of the molecule is CC(C)(C)c1cc(C=C(C#N)C#N)c(Cl)c(Br)c1O. The zero-order chi connectivity index (χ0) is 14.8. The quantitative estimate of drug-likeness (QED) is 0.764. The molecule has 0 aliphatic rings. The molecule has 0 unspecified atom stereocenters. The van der Waals surface area contributed by atoms with Crippen molar-refractivity contribution in [2.24, 2.45) is 0 Å².